The van der Waals surface area contributed by atoms with E-state index in [9.17, 15) is 19.2 Å². The van der Waals surface area contributed by atoms with Crippen molar-refractivity contribution in [1.29, 1.82) is 0 Å². The largest absolute Gasteiger partial charge is 0.346 e. The Labute approximate surface area is 251 Å². The number of amides is 4. The highest BCUT2D eigenvalue weighted by Gasteiger charge is 2.40. The van der Waals surface area contributed by atoms with Crippen molar-refractivity contribution in [3.05, 3.63) is 35.9 Å². The molecule has 0 aromatic heterocycles. The highest BCUT2D eigenvalue weighted by atomic mass is 16.2. The molecule has 8 nitrogen and oxygen atoms in total. The summed E-state index contributed by atoms with van der Waals surface area (Å²) in [7, 11) is 0. The third-order valence-corrected chi connectivity index (χ3v) is 10.2. The Balaban J connectivity index is 1.15. The maximum atomic E-state index is 13.5. The number of piperazine rings is 2. The summed E-state index contributed by atoms with van der Waals surface area (Å²) in [5.41, 5.74) is 1.19. The molecule has 2 aliphatic heterocycles. The molecule has 1 aromatic carbocycles. The Bertz CT molecular complexity index is 1070. The van der Waals surface area contributed by atoms with Crippen molar-refractivity contribution in [2.75, 3.05) is 32.7 Å². The van der Waals surface area contributed by atoms with Crippen LogP contribution in [0.15, 0.2) is 30.3 Å². The van der Waals surface area contributed by atoms with E-state index in [1.807, 2.05) is 28.0 Å². The first-order chi connectivity index (χ1) is 20.5. The molecule has 4 fully saturated rings. The first kappa shape index (κ1) is 30.6. The lowest BCUT2D eigenvalue weighted by atomic mass is 9.86. The van der Waals surface area contributed by atoms with Crippen LogP contribution in [0.3, 0.4) is 0 Å². The third-order valence-electron chi connectivity index (χ3n) is 10.2. The van der Waals surface area contributed by atoms with E-state index in [1.54, 1.807) is 4.90 Å². The molecule has 8 heteroatoms. The van der Waals surface area contributed by atoms with Gasteiger partial charge < -0.3 is 20.0 Å². The van der Waals surface area contributed by atoms with Crippen LogP contribution in [0.5, 0.6) is 0 Å². The van der Waals surface area contributed by atoms with Gasteiger partial charge in [0.15, 0.2) is 0 Å². The molecule has 1 N–H and O–H groups in total. The molecule has 0 spiro atoms. The topological polar surface area (TPSA) is 90.0 Å². The minimum Gasteiger partial charge on any atom is -0.346 e. The summed E-state index contributed by atoms with van der Waals surface area (Å²) in [5, 5.41) is 2.78. The SMILES string of the molecule is O=C1NC[C@H](CCCCN2C[C@@H](Cc3ccccc3)N(CC3CCCCC3)C(=O)C2=O)N(CCC2CCCCC2)C1=O. The second-order valence-electron chi connectivity index (χ2n) is 13.2. The van der Waals surface area contributed by atoms with E-state index in [0.717, 1.165) is 44.9 Å². The number of nitrogens with zero attached hydrogens (tertiary/aromatic N) is 3. The standard InChI is InChI=1S/C34H50N4O4/c39-31-32(40)37(21-19-26-12-4-1-5-13-26)29(23-35-31)18-10-11-20-36-25-30(22-27-14-6-2-7-15-27)38(34(42)33(36)41)24-28-16-8-3-9-17-28/h2,6-7,14-15,26,28-30H,1,3-5,8-13,16-25H2,(H,35,39)/t29-,30+/m0/s1. The lowest BCUT2D eigenvalue weighted by Crippen LogP contribution is -2.61. The van der Waals surface area contributed by atoms with Gasteiger partial charge in [0.2, 0.25) is 0 Å². The minimum atomic E-state index is -0.491. The van der Waals surface area contributed by atoms with Gasteiger partial charge in [-0.25, -0.2) is 0 Å². The molecule has 42 heavy (non-hydrogen) atoms. The van der Waals surface area contributed by atoms with Gasteiger partial charge in [-0.1, -0.05) is 81.7 Å². The Morgan fingerprint density at radius 2 is 1.36 bits per heavy atom. The van der Waals surface area contributed by atoms with Crippen molar-refractivity contribution in [3.63, 3.8) is 0 Å². The number of carbonyl (C=O) groups excluding carboxylic acids is 4. The van der Waals surface area contributed by atoms with Gasteiger partial charge in [-0.2, -0.15) is 0 Å². The highest BCUT2D eigenvalue weighted by Crippen LogP contribution is 2.29. The van der Waals surface area contributed by atoms with Crippen molar-refractivity contribution in [3.8, 4) is 0 Å². The predicted molar refractivity (Wildman–Crippen MR) is 162 cm³/mol. The van der Waals surface area contributed by atoms with Crippen molar-refractivity contribution in [1.82, 2.24) is 20.0 Å². The zero-order valence-electron chi connectivity index (χ0n) is 25.3. The normalized spacial score (nSPS) is 24.8. The zero-order valence-corrected chi connectivity index (χ0v) is 25.3. The molecule has 0 radical (unpaired) electrons. The van der Waals surface area contributed by atoms with Gasteiger partial charge in [-0.3, -0.25) is 19.2 Å². The van der Waals surface area contributed by atoms with Gasteiger partial charge in [-0.05, 0) is 62.3 Å². The molecule has 1 aromatic rings. The van der Waals surface area contributed by atoms with E-state index < -0.39 is 11.8 Å². The second-order valence-corrected chi connectivity index (χ2v) is 13.2. The van der Waals surface area contributed by atoms with Gasteiger partial charge in [0.05, 0.1) is 6.04 Å². The first-order valence-corrected chi connectivity index (χ1v) is 16.7. The van der Waals surface area contributed by atoms with Gasteiger partial charge >= 0.3 is 23.6 Å². The van der Waals surface area contributed by atoms with Crippen LogP contribution in [0.4, 0.5) is 0 Å². The van der Waals surface area contributed by atoms with E-state index in [4.69, 9.17) is 0 Å². The Hall–Kier alpha value is -2.90. The third kappa shape index (κ3) is 7.93. The smallest absolute Gasteiger partial charge is 0.312 e. The summed E-state index contributed by atoms with van der Waals surface area (Å²) >= 11 is 0. The number of unbranched alkanes of at least 4 members (excludes halogenated alkanes) is 1. The number of nitrogens with one attached hydrogen (secondary N) is 1. The Morgan fingerprint density at radius 1 is 0.667 bits per heavy atom. The van der Waals surface area contributed by atoms with E-state index in [-0.39, 0.29) is 23.9 Å². The molecular weight excluding hydrogens is 528 g/mol. The maximum Gasteiger partial charge on any atom is 0.312 e. The maximum absolute atomic E-state index is 13.5. The quantitative estimate of drug-likeness (QED) is 0.296. The van der Waals surface area contributed by atoms with Crippen molar-refractivity contribution in [2.24, 2.45) is 11.8 Å². The van der Waals surface area contributed by atoms with E-state index in [2.05, 4.69) is 17.4 Å². The van der Waals surface area contributed by atoms with Gasteiger partial charge in [0.1, 0.15) is 0 Å². The van der Waals surface area contributed by atoms with Crippen LogP contribution in [0.25, 0.3) is 0 Å². The summed E-state index contributed by atoms with van der Waals surface area (Å²) in [4.78, 5) is 57.1. The molecule has 230 valence electrons. The van der Waals surface area contributed by atoms with Crippen molar-refractivity contribution < 1.29 is 19.2 Å². The summed E-state index contributed by atoms with van der Waals surface area (Å²) in [6.45, 7) is 2.94. The molecule has 4 amide bonds. The number of hydrogen-bond acceptors (Lipinski definition) is 4. The molecule has 2 atom stereocenters. The van der Waals surface area contributed by atoms with Crippen LogP contribution in [0.2, 0.25) is 0 Å². The number of carbonyl (C=O) groups is 4. The average Bonchev–Trinajstić information content (AvgIpc) is 3.02. The zero-order chi connectivity index (χ0) is 29.3. The fraction of sp³-hybridized carbons (Fsp3) is 0.706. The van der Waals surface area contributed by atoms with Crippen LogP contribution in [-0.2, 0) is 25.6 Å². The summed E-state index contributed by atoms with van der Waals surface area (Å²) in [6.07, 6.45) is 16.4. The summed E-state index contributed by atoms with van der Waals surface area (Å²) in [5.74, 6) is -0.469. The van der Waals surface area contributed by atoms with E-state index in [0.29, 0.717) is 44.6 Å². The molecule has 2 saturated carbocycles. The van der Waals surface area contributed by atoms with Gasteiger partial charge in [0.25, 0.3) is 0 Å². The first-order valence-electron chi connectivity index (χ1n) is 16.7. The summed E-state index contributed by atoms with van der Waals surface area (Å²) < 4.78 is 0. The molecule has 0 unspecified atom stereocenters. The van der Waals surface area contributed by atoms with Crippen LogP contribution < -0.4 is 5.32 Å². The number of benzene rings is 1. The highest BCUT2D eigenvalue weighted by molar-refractivity contribution is 6.36. The summed E-state index contributed by atoms with van der Waals surface area (Å²) in [6, 6.07) is 10.3. The fourth-order valence-corrected chi connectivity index (χ4v) is 7.71. The van der Waals surface area contributed by atoms with Crippen LogP contribution in [-0.4, -0.2) is 83.1 Å². The Morgan fingerprint density at radius 3 is 2.07 bits per heavy atom. The Kier molecular flexibility index (Phi) is 10.9. The molecular formula is C34H50N4O4. The number of hydrogen-bond donors (Lipinski definition) is 1. The van der Waals surface area contributed by atoms with Gasteiger partial charge in [0, 0.05) is 38.8 Å². The van der Waals surface area contributed by atoms with Crippen molar-refractivity contribution >= 4 is 23.6 Å². The molecule has 4 aliphatic rings. The van der Waals surface area contributed by atoms with Crippen LogP contribution in [0, 0.1) is 11.8 Å². The second kappa shape index (κ2) is 15.0. The lowest BCUT2D eigenvalue weighted by Gasteiger charge is -2.42. The van der Waals surface area contributed by atoms with Crippen LogP contribution in [0.1, 0.15) is 95.5 Å². The number of rotatable bonds is 12. The molecule has 5 rings (SSSR count). The molecule has 0 bridgehead atoms. The van der Waals surface area contributed by atoms with Crippen LogP contribution >= 0.6 is 0 Å². The lowest BCUT2D eigenvalue weighted by molar-refractivity contribution is -0.159. The predicted octanol–water partition coefficient (Wildman–Crippen LogP) is 4.32. The van der Waals surface area contributed by atoms with Gasteiger partial charge in [-0.15, -0.1) is 0 Å². The average molecular weight is 579 g/mol. The molecule has 2 heterocycles. The van der Waals surface area contributed by atoms with E-state index in [1.165, 1.54) is 56.9 Å². The monoisotopic (exact) mass is 578 g/mol. The van der Waals surface area contributed by atoms with Crippen molar-refractivity contribution in [2.45, 2.75) is 108 Å². The minimum absolute atomic E-state index is 0.00528. The fourth-order valence-electron chi connectivity index (χ4n) is 7.71. The van der Waals surface area contributed by atoms with E-state index >= 15 is 0 Å². The molecule has 2 saturated heterocycles. The molecule has 2 aliphatic carbocycles.